The Morgan fingerprint density at radius 1 is 1.27 bits per heavy atom. The number of amides is 1. The molecule has 0 spiro atoms. The van der Waals surface area contributed by atoms with Gasteiger partial charge < -0.3 is 21.5 Å². The van der Waals surface area contributed by atoms with Crippen LogP contribution in [0.1, 0.15) is 16.6 Å². The van der Waals surface area contributed by atoms with Gasteiger partial charge in [0.25, 0.3) is 0 Å². The lowest BCUT2D eigenvalue weighted by Crippen LogP contribution is -2.18. The fraction of sp³-hybridized carbons (Fsp3) is 0.125. The average molecular weight is 392 g/mol. The number of benzene rings is 1. The molecule has 1 amide bonds. The Kier molecular flexibility index (Phi) is 4.92. The van der Waals surface area contributed by atoms with Crippen LogP contribution >= 0.6 is 22.9 Å². The molecule has 0 bridgehead atoms. The summed E-state index contributed by atoms with van der Waals surface area (Å²) in [6.45, 7) is 2.52. The van der Waals surface area contributed by atoms with Crippen molar-refractivity contribution in [3.63, 3.8) is 0 Å². The third-order valence-electron chi connectivity index (χ3n) is 3.42. The molecule has 0 atom stereocenters. The minimum atomic E-state index is -1.20. The Balaban J connectivity index is 2.24. The smallest absolute Gasteiger partial charge is 0.397 e. The molecule has 5 N–H and O–H groups in total. The van der Waals surface area contributed by atoms with Crippen molar-refractivity contribution in [2.45, 2.75) is 6.92 Å². The highest BCUT2D eigenvalue weighted by Crippen LogP contribution is 2.39. The van der Waals surface area contributed by atoms with Gasteiger partial charge >= 0.3 is 12.1 Å². The van der Waals surface area contributed by atoms with E-state index in [1.165, 1.54) is 0 Å². The largest absolute Gasteiger partial charge is 0.412 e. The molecule has 0 fully saturated rings. The third-order valence-corrected chi connectivity index (χ3v) is 4.75. The van der Waals surface area contributed by atoms with Gasteiger partial charge in [-0.05, 0) is 19.1 Å². The summed E-state index contributed by atoms with van der Waals surface area (Å²) in [5.74, 6) is -0.536. The van der Waals surface area contributed by atoms with Gasteiger partial charge in [0.05, 0.1) is 16.8 Å². The molecule has 10 heteroatoms. The van der Waals surface area contributed by atoms with Gasteiger partial charge in [-0.15, -0.1) is 11.3 Å². The number of primary amides is 1. The zero-order chi connectivity index (χ0) is 18.8. The lowest BCUT2D eigenvalue weighted by atomic mass is 10.1. The van der Waals surface area contributed by atoms with Crippen LogP contribution in [0.2, 0.25) is 5.02 Å². The third kappa shape index (κ3) is 3.39. The van der Waals surface area contributed by atoms with Gasteiger partial charge in [-0.1, -0.05) is 23.7 Å². The summed E-state index contributed by atoms with van der Waals surface area (Å²) in [6, 6.07) is 7.03. The molecule has 0 radical (unpaired) electrons. The topological polar surface area (TPSA) is 133 Å². The molecule has 2 aromatic heterocycles. The molecular weight excluding hydrogens is 378 g/mol. The van der Waals surface area contributed by atoms with Crippen LogP contribution in [0.4, 0.5) is 16.4 Å². The number of halogens is 1. The van der Waals surface area contributed by atoms with Crippen LogP contribution < -0.4 is 16.8 Å². The number of aromatic nitrogens is 2. The lowest BCUT2D eigenvalue weighted by molar-refractivity contribution is 0.0644. The number of hydrogen-bond donors (Lipinski definition) is 3. The summed E-state index contributed by atoms with van der Waals surface area (Å²) in [5, 5.41) is 4.11. The molecule has 0 aliphatic carbocycles. The van der Waals surface area contributed by atoms with E-state index < -0.39 is 12.1 Å². The van der Waals surface area contributed by atoms with Crippen LogP contribution in [-0.4, -0.2) is 28.6 Å². The van der Waals surface area contributed by atoms with Crippen molar-refractivity contribution in [3.05, 3.63) is 34.2 Å². The van der Waals surface area contributed by atoms with Crippen molar-refractivity contribution >= 4 is 56.9 Å². The Bertz CT molecular complexity index is 1000. The number of thiophene rings is 1. The molecule has 0 saturated carbocycles. The predicted octanol–water partition coefficient (Wildman–Crippen LogP) is 3.26. The van der Waals surface area contributed by atoms with E-state index in [1.54, 1.807) is 24.3 Å². The van der Waals surface area contributed by atoms with Gasteiger partial charge in [-0.25, -0.2) is 19.6 Å². The number of carbonyl (C=O) groups excluding carboxylic acids is 2. The van der Waals surface area contributed by atoms with Gasteiger partial charge in [-0.3, -0.25) is 0 Å². The molecule has 26 heavy (non-hydrogen) atoms. The van der Waals surface area contributed by atoms with Gasteiger partial charge in [0.2, 0.25) is 5.95 Å². The Hall–Kier alpha value is -2.91. The molecule has 134 valence electrons. The highest BCUT2D eigenvalue weighted by atomic mass is 35.5. The second-order valence-corrected chi connectivity index (χ2v) is 6.60. The summed E-state index contributed by atoms with van der Waals surface area (Å²) < 4.78 is 4.43. The molecule has 2 heterocycles. The van der Waals surface area contributed by atoms with Gasteiger partial charge in [0.1, 0.15) is 9.71 Å². The fourth-order valence-electron chi connectivity index (χ4n) is 2.37. The predicted molar refractivity (Wildman–Crippen MR) is 101 cm³/mol. The van der Waals surface area contributed by atoms with Crippen LogP contribution in [0.5, 0.6) is 0 Å². The number of ether oxygens (including phenoxy) is 1. The van der Waals surface area contributed by atoms with Crippen molar-refractivity contribution < 1.29 is 14.3 Å². The van der Waals surface area contributed by atoms with Crippen molar-refractivity contribution in [2.75, 3.05) is 17.6 Å². The summed E-state index contributed by atoms with van der Waals surface area (Å²) in [6.07, 6.45) is -1.20. The van der Waals surface area contributed by atoms with E-state index in [2.05, 4.69) is 20.0 Å². The SMILES string of the molecule is CCNc1nc(-c2ccc(Cl)cc2)c2c(N)c(C(=O)OC(N)=O)sc2n1. The van der Waals surface area contributed by atoms with Crippen molar-refractivity contribution in [1.29, 1.82) is 0 Å². The minimum Gasteiger partial charge on any atom is -0.397 e. The summed E-state index contributed by atoms with van der Waals surface area (Å²) in [7, 11) is 0. The normalized spacial score (nSPS) is 10.7. The quantitative estimate of drug-likeness (QED) is 0.459. The summed E-state index contributed by atoms with van der Waals surface area (Å²) in [5.41, 5.74) is 12.5. The molecule has 0 unspecified atom stereocenters. The van der Waals surface area contributed by atoms with Gasteiger partial charge in [-0.2, -0.15) is 0 Å². The monoisotopic (exact) mass is 391 g/mol. The maximum absolute atomic E-state index is 12.1. The first-order chi connectivity index (χ1) is 12.4. The molecule has 8 nitrogen and oxygen atoms in total. The van der Waals surface area contributed by atoms with Crippen LogP contribution in [0.3, 0.4) is 0 Å². The minimum absolute atomic E-state index is 0.0389. The van der Waals surface area contributed by atoms with E-state index in [9.17, 15) is 9.59 Å². The maximum Gasteiger partial charge on any atom is 0.412 e. The number of fused-ring (bicyclic) bond motifs is 1. The molecular formula is C16H14ClN5O3S. The molecule has 0 saturated heterocycles. The molecule has 0 aliphatic heterocycles. The number of esters is 1. The number of carbonyl (C=O) groups is 2. The molecule has 3 rings (SSSR count). The van der Waals surface area contributed by atoms with E-state index in [4.69, 9.17) is 23.1 Å². The van der Waals surface area contributed by atoms with Crippen molar-refractivity contribution in [1.82, 2.24) is 9.97 Å². The number of nitrogens with two attached hydrogens (primary N) is 2. The lowest BCUT2D eigenvalue weighted by Gasteiger charge is -2.08. The maximum atomic E-state index is 12.1. The molecule has 0 aliphatic rings. The van der Waals surface area contributed by atoms with Crippen LogP contribution in [-0.2, 0) is 4.74 Å². The standard InChI is InChI=1S/C16H14ClN5O3S/c1-2-20-16-21-11(7-3-5-8(17)6-4-7)9-10(18)12(26-13(9)22-16)14(23)25-15(19)24/h3-6H,2,18H2,1H3,(H2,19,24)(H,20,21,22). The van der Waals surface area contributed by atoms with Crippen molar-refractivity contribution in [2.24, 2.45) is 5.73 Å². The number of hydrogen-bond acceptors (Lipinski definition) is 8. The van der Waals surface area contributed by atoms with Crippen LogP contribution in [0.15, 0.2) is 24.3 Å². The highest BCUT2D eigenvalue weighted by Gasteiger charge is 2.24. The summed E-state index contributed by atoms with van der Waals surface area (Å²) >= 11 is 6.95. The molecule has 3 aromatic rings. The zero-order valence-corrected chi connectivity index (χ0v) is 15.1. The van der Waals surface area contributed by atoms with E-state index in [0.717, 1.165) is 16.9 Å². The first-order valence-corrected chi connectivity index (χ1v) is 8.71. The first-order valence-electron chi connectivity index (χ1n) is 7.52. The Labute approximate surface area is 157 Å². The zero-order valence-electron chi connectivity index (χ0n) is 13.6. The number of rotatable bonds is 4. The van der Waals surface area contributed by atoms with Crippen molar-refractivity contribution in [3.8, 4) is 11.3 Å². The van der Waals surface area contributed by atoms with E-state index in [0.29, 0.717) is 33.4 Å². The number of nitrogens with zero attached hydrogens (tertiary/aromatic N) is 2. The summed E-state index contributed by atoms with van der Waals surface area (Å²) in [4.78, 5) is 32.3. The second-order valence-electron chi connectivity index (χ2n) is 5.17. The Morgan fingerprint density at radius 3 is 2.58 bits per heavy atom. The van der Waals surface area contributed by atoms with Crippen LogP contribution in [0, 0.1) is 0 Å². The molecule has 1 aromatic carbocycles. The van der Waals surface area contributed by atoms with Crippen LogP contribution in [0.25, 0.3) is 21.5 Å². The second kappa shape index (κ2) is 7.14. The van der Waals surface area contributed by atoms with E-state index in [1.807, 2.05) is 6.92 Å². The number of nitrogen functional groups attached to an aromatic ring is 1. The number of nitrogens with one attached hydrogen (secondary N) is 1. The average Bonchev–Trinajstić information content (AvgIpc) is 2.92. The fourth-order valence-corrected chi connectivity index (χ4v) is 3.46. The van der Waals surface area contributed by atoms with Gasteiger partial charge in [0.15, 0.2) is 0 Å². The Morgan fingerprint density at radius 2 is 1.96 bits per heavy atom. The number of anilines is 2. The van der Waals surface area contributed by atoms with E-state index >= 15 is 0 Å². The first kappa shape index (κ1) is 17.9. The van der Waals surface area contributed by atoms with E-state index in [-0.39, 0.29) is 10.6 Å². The highest BCUT2D eigenvalue weighted by molar-refractivity contribution is 7.21. The van der Waals surface area contributed by atoms with Gasteiger partial charge in [0, 0.05) is 17.1 Å².